The maximum absolute atomic E-state index is 4.80. The standard InChI is InChI=1S/C18H18N2S/c1-12(2)15-8-9-19-10-16(15)17-11-21-18(20-17)14-6-4-13(3)5-7-14/h4-12H,1-3H3. The summed E-state index contributed by atoms with van der Waals surface area (Å²) in [7, 11) is 0. The fourth-order valence-corrected chi connectivity index (χ4v) is 3.18. The monoisotopic (exact) mass is 294 g/mol. The maximum atomic E-state index is 4.80. The van der Waals surface area contributed by atoms with E-state index in [9.17, 15) is 0 Å². The molecule has 0 spiro atoms. The molecule has 0 unspecified atom stereocenters. The second kappa shape index (κ2) is 5.78. The molecule has 0 aliphatic rings. The minimum absolute atomic E-state index is 0.465. The van der Waals surface area contributed by atoms with Crippen LogP contribution in [0.15, 0.2) is 48.1 Å². The largest absolute Gasteiger partial charge is 0.264 e. The number of benzene rings is 1. The third-order valence-electron chi connectivity index (χ3n) is 3.56. The summed E-state index contributed by atoms with van der Waals surface area (Å²) in [5.41, 5.74) is 5.90. The first-order valence-corrected chi connectivity index (χ1v) is 8.00. The van der Waals surface area contributed by atoms with Gasteiger partial charge in [0.2, 0.25) is 0 Å². The first kappa shape index (κ1) is 14.0. The number of aromatic nitrogens is 2. The van der Waals surface area contributed by atoms with Crippen molar-refractivity contribution in [2.75, 3.05) is 0 Å². The van der Waals surface area contributed by atoms with E-state index < -0.39 is 0 Å². The van der Waals surface area contributed by atoms with Crippen LogP contribution in [0.3, 0.4) is 0 Å². The van der Waals surface area contributed by atoms with Crippen LogP contribution >= 0.6 is 11.3 Å². The Morgan fingerprint density at radius 1 is 1.05 bits per heavy atom. The van der Waals surface area contributed by atoms with Gasteiger partial charge < -0.3 is 0 Å². The Balaban J connectivity index is 2.01. The molecule has 21 heavy (non-hydrogen) atoms. The van der Waals surface area contributed by atoms with Crippen molar-refractivity contribution in [2.24, 2.45) is 0 Å². The molecule has 3 rings (SSSR count). The van der Waals surface area contributed by atoms with Crippen molar-refractivity contribution < 1.29 is 0 Å². The smallest absolute Gasteiger partial charge is 0.124 e. The molecular weight excluding hydrogens is 276 g/mol. The summed E-state index contributed by atoms with van der Waals surface area (Å²) in [5, 5.41) is 3.18. The topological polar surface area (TPSA) is 25.8 Å². The second-order valence-electron chi connectivity index (χ2n) is 5.52. The number of pyridine rings is 1. The van der Waals surface area contributed by atoms with Crippen LogP contribution in [-0.4, -0.2) is 9.97 Å². The van der Waals surface area contributed by atoms with Gasteiger partial charge in [-0.05, 0) is 24.5 Å². The molecule has 1 aromatic carbocycles. The Hall–Kier alpha value is -2.00. The maximum Gasteiger partial charge on any atom is 0.124 e. The Kier molecular flexibility index (Phi) is 3.84. The molecule has 0 saturated heterocycles. The van der Waals surface area contributed by atoms with Crippen molar-refractivity contribution in [3.8, 4) is 21.8 Å². The van der Waals surface area contributed by atoms with E-state index >= 15 is 0 Å². The van der Waals surface area contributed by atoms with Crippen LogP contribution in [-0.2, 0) is 0 Å². The van der Waals surface area contributed by atoms with Gasteiger partial charge in [-0.3, -0.25) is 4.98 Å². The third kappa shape index (κ3) is 2.88. The molecule has 0 amide bonds. The molecule has 0 saturated carbocycles. The predicted molar refractivity (Wildman–Crippen MR) is 89.6 cm³/mol. The minimum atomic E-state index is 0.465. The van der Waals surface area contributed by atoms with Gasteiger partial charge >= 0.3 is 0 Å². The van der Waals surface area contributed by atoms with Crippen molar-refractivity contribution >= 4 is 11.3 Å². The summed E-state index contributed by atoms with van der Waals surface area (Å²) >= 11 is 1.68. The SMILES string of the molecule is Cc1ccc(-c2nc(-c3cnccc3C(C)C)cs2)cc1. The predicted octanol–water partition coefficient (Wildman–Crippen LogP) is 5.30. The van der Waals surface area contributed by atoms with E-state index in [1.54, 1.807) is 11.3 Å². The van der Waals surface area contributed by atoms with Gasteiger partial charge in [0.05, 0.1) is 5.69 Å². The number of hydrogen-bond acceptors (Lipinski definition) is 3. The molecule has 2 heterocycles. The summed E-state index contributed by atoms with van der Waals surface area (Å²) in [6.07, 6.45) is 3.77. The van der Waals surface area contributed by atoms with Crippen LogP contribution in [0.25, 0.3) is 21.8 Å². The van der Waals surface area contributed by atoms with Crippen molar-refractivity contribution in [1.82, 2.24) is 9.97 Å². The van der Waals surface area contributed by atoms with E-state index in [1.807, 2.05) is 12.4 Å². The summed E-state index contributed by atoms with van der Waals surface area (Å²) in [5.74, 6) is 0.465. The zero-order chi connectivity index (χ0) is 14.8. The molecular formula is C18H18N2S. The summed E-state index contributed by atoms with van der Waals surface area (Å²) < 4.78 is 0. The van der Waals surface area contributed by atoms with Gasteiger partial charge in [0.25, 0.3) is 0 Å². The number of rotatable bonds is 3. The van der Waals surface area contributed by atoms with Crippen molar-refractivity contribution in [1.29, 1.82) is 0 Å². The van der Waals surface area contributed by atoms with E-state index in [0.717, 1.165) is 16.3 Å². The van der Waals surface area contributed by atoms with Crippen LogP contribution in [0.2, 0.25) is 0 Å². The quantitative estimate of drug-likeness (QED) is 0.654. The van der Waals surface area contributed by atoms with Crippen LogP contribution < -0.4 is 0 Å². The summed E-state index contributed by atoms with van der Waals surface area (Å²) in [4.78, 5) is 9.06. The first-order chi connectivity index (χ1) is 10.1. The average Bonchev–Trinajstić information content (AvgIpc) is 2.97. The molecule has 0 aliphatic carbocycles. The summed E-state index contributed by atoms with van der Waals surface area (Å²) in [6.45, 7) is 6.50. The molecule has 2 aromatic heterocycles. The molecule has 0 atom stereocenters. The lowest BCUT2D eigenvalue weighted by Gasteiger charge is -2.09. The number of aryl methyl sites for hydroxylation is 1. The van der Waals surface area contributed by atoms with Gasteiger partial charge in [0.15, 0.2) is 0 Å². The van der Waals surface area contributed by atoms with Crippen LogP contribution in [0, 0.1) is 6.92 Å². The van der Waals surface area contributed by atoms with Gasteiger partial charge in [-0.15, -0.1) is 11.3 Å². The molecule has 106 valence electrons. The minimum Gasteiger partial charge on any atom is -0.264 e. The lowest BCUT2D eigenvalue weighted by atomic mass is 9.98. The van der Waals surface area contributed by atoms with Gasteiger partial charge in [0.1, 0.15) is 5.01 Å². The van der Waals surface area contributed by atoms with Gasteiger partial charge in [-0.25, -0.2) is 4.98 Å². The highest BCUT2D eigenvalue weighted by molar-refractivity contribution is 7.13. The van der Waals surface area contributed by atoms with E-state index in [-0.39, 0.29) is 0 Å². The Bertz CT molecular complexity index is 742. The highest BCUT2D eigenvalue weighted by atomic mass is 32.1. The van der Waals surface area contributed by atoms with Crippen molar-refractivity contribution in [2.45, 2.75) is 26.7 Å². The summed E-state index contributed by atoms with van der Waals surface area (Å²) in [6, 6.07) is 10.6. The molecule has 0 radical (unpaired) electrons. The van der Waals surface area contributed by atoms with E-state index in [1.165, 1.54) is 16.7 Å². The fourth-order valence-electron chi connectivity index (χ4n) is 2.35. The first-order valence-electron chi connectivity index (χ1n) is 7.12. The molecule has 0 bridgehead atoms. The van der Waals surface area contributed by atoms with Gasteiger partial charge in [-0.1, -0.05) is 43.7 Å². The molecule has 3 aromatic rings. The fraction of sp³-hybridized carbons (Fsp3) is 0.222. The van der Waals surface area contributed by atoms with Crippen molar-refractivity contribution in [3.63, 3.8) is 0 Å². The van der Waals surface area contributed by atoms with Gasteiger partial charge in [0, 0.05) is 28.9 Å². The average molecular weight is 294 g/mol. The Morgan fingerprint density at radius 2 is 1.81 bits per heavy atom. The van der Waals surface area contributed by atoms with Gasteiger partial charge in [-0.2, -0.15) is 0 Å². The highest BCUT2D eigenvalue weighted by Crippen LogP contribution is 2.32. The van der Waals surface area contributed by atoms with E-state index in [4.69, 9.17) is 4.98 Å². The molecule has 0 fully saturated rings. The number of hydrogen-bond donors (Lipinski definition) is 0. The number of thiazole rings is 1. The molecule has 0 N–H and O–H groups in total. The lowest BCUT2D eigenvalue weighted by Crippen LogP contribution is -1.93. The van der Waals surface area contributed by atoms with E-state index in [0.29, 0.717) is 5.92 Å². The van der Waals surface area contributed by atoms with Crippen LogP contribution in [0.1, 0.15) is 30.9 Å². The molecule has 2 nitrogen and oxygen atoms in total. The zero-order valence-corrected chi connectivity index (χ0v) is 13.3. The molecule has 0 aliphatic heterocycles. The third-order valence-corrected chi connectivity index (χ3v) is 4.45. The van der Waals surface area contributed by atoms with Crippen molar-refractivity contribution in [3.05, 3.63) is 59.2 Å². The molecule has 3 heteroatoms. The highest BCUT2D eigenvalue weighted by Gasteiger charge is 2.12. The zero-order valence-electron chi connectivity index (χ0n) is 12.5. The Morgan fingerprint density at radius 3 is 2.52 bits per heavy atom. The lowest BCUT2D eigenvalue weighted by molar-refractivity contribution is 0.864. The Labute approximate surface area is 129 Å². The van der Waals surface area contributed by atoms with E-state index in [2.05, 4.69) is 61.5 Å². The van der Waals surface area contributed by atoms with Crippen LogP contribution in [0.4, 0.5) is 0 Å². The number of nitrogens with zero attached hydrogens (tertiary/aromatic N) is 2. The normalized spacial score (nSPS) is 11.0. The van der Waals surface area contributed by atoms with Crippen LogP contribution in [0.5, 0.6) is 0 Å². The second-order valence-corrected chi connectivity index (χ2v) is 6.38.